The largest absolute Gasteiger partial charge is 0.326 e. The van der Waals surface area contributed by atoms with Gasteiger partial charge in [-0.2, -0.15) is 0 Å². The summed E-state index contributed by atoms with van der Waals surface area (Å²) < 4.78 is 1.19. The average Bonchev–Trinajstić information content (AvgIpc) is 2.23. The Hall–Kier alpha value is -0.580. The number of anilines is 1. The van der Waals surface area contributed by atoms with E-state index in [4.69, 9.17) is 0 Å². The maximum Gasteiger partial charge on any atom is 0.224 e. The third-order valence-electron chi connectivity index (χ3n) is 2.47. The minimum atomic E-state index is 0.123. The van der Waals surface area contributed by atoms with Crippen LogP contribution in [0.1, 0.15) is 38.2 Å². The summed E-state index contributed by atoms with van der Waals surface area (Å²) in [6.07, 6.45) is 3.87. The Kier molecular flexibility index (Phi) is 5.80. The van der Waals surface area contributed by atoms with Crippen LogP contribution in [0.3, 0.4) is 0 Å². The lowest BCUT2D eigenvalue weighted by molar-refractivity contribution is -0.116. The van der Waals surface area contributed by atoms with Crippen molar-refractivity contribution >= 4 is 34.2 Å². The number of benzene rings is 1. The summed E-state index contributed by atoms with van der Waals surface area (Å²) in [6.45, 7) is 4.16. The molecule has 88 valence electrons. The highest BCUT2D eigenvalue weighted by Gasteiger charge is 2.04. The van der Waals surface area contributed by atoms with Crippen LogP contribution in [-0.2, 0) is 4.79 Å². The molecule has 3 heteroatoms. The molecule has 0 saturated heterocycles. The van der Waals surface area contributed by atoms with Gasteiger partial charge in [0.05, 0.1) is 0 Å². The second-order valence-corrected chi connectivity index (χ2v) is 5.21. The number of carbonyl (C=O) groups excluding carboxylic acids is 1. The summed E-state index contributed by atoms with van der Waals surface area (Å²) in [4.78, 5) is 11.6. The van der Waals surface area contributed by atoms with E-state index in [9.17, 15) is 4.79 Å². The quantitative estimate of drug-likeness (QED) is 0.638. The van der Waals surface area contributed by atoms with Gasteiger partial charge in [0.2, 0.25) is 5.91 Å². The van der Waals surface area contributed by atoms with Gasteiger partial charge in [0.25, 0.3) is 0 Å². The summed E-state index contributed by atoms with van der Waals surface area (Å²) in [6, 6.07) is 6.05. The van der Waals surface area contributed by atoms with E-state index < -0.39 is 0 Å². The van der Waals surface area contributed by atoms with E-state index in [1.807, 2.05) is 19.1 Å². The van der Waals surface area contributed by atoms with Crippen LogP contribution in [0.15, 0.2) is 18.2 Å². The SMILES string of the molecule is CCCCCC(=O)Nc1ccc(I)cc1C. The maximum atomic E-state index is 11.6. The summed E-state index contributed by atoms with van der Waals surface area (Å²) in [5.41, 5.74) is 2.05. The molecule has 16 heavy (non-hydrogen) atoms. The predicted molar refractivity (Wildman–Crippen MR) is 76.7 cm³/mol. The molecule has 0 spiro atoms. The minimum Gasteiger partial charge on any atom is -0.326 e. The molecule has 0 atom stereocenters. The van der Waals surface area contributed by atoms with E-state index in [-0.39, 0.29) is 5.91 Å². The first-order chi connectivity index (χ1) is 7.63. The number of rotatable bonds is 5. The Bertz CT molecular complexity index is 363. The van der Waals surface area contributed by atoms with Crippen molar-refractivity contribution in [1.29, 1.82) is 0 Å². The Labute approximate surface area is 111 Å². The summed E-state index contributed by atoms with van der Waals surface area (Å²) in [5.74, 6) is 0.123. The fraction of sp³-hybridized carbons (Fsp3) is 0.462. The van der Waals surface area contributed by atoms with Crippen LogP contribution >= 0.6 is 22.6 Å². The highest BCUT2D eigenvalue weighted by molar-refractivity contribution is 14.1. The molecule has 0 aliphatic rings. The molecule has 0 aliphatic carbocycles. The van der Waals surface area contributed by atoms with E-state index in [0.717, 1.165) is 30.5 Å². The molecular formula is C13H18INO. The number of unbranched alkanes of at least 4 members (excludes halogenated alkanes) is 2. The van der Waals surface area contributed by atoms with Crippen LogP contribution in [0.25, 0.3) is 0 Å². The van der Waals surface area contributed by atoms with Gasteiger partial charge < -0.3 is 5.32 Å². The van der Waals surface area contributed by atoms with Crippen LogP contribution < -0.4 is 5.32 Å². The highest BCUT2D eigenvalue weighted by atomic mass is 127. The van der Waals surface area contributed by atoms with Crippen molar-refractivity contribution in [3.63, 3.8) is 0 Å². The molecule has 1 rings (SSSR count). The topological polar surface area (TPSA) is 29.1 Å². The Morgan fingerprint density at radius 3 is 2.75 bits per heavy atom. The number of aryl methyl sites for hydroxylation is 1. The van der Waals surface area contributed by atoms with Crippen molar-refractivity contribution in [3.8, 4) is 0 Å². The van der Waals surface area contributed by atoms with Gasteiger partial charge in [-0.25, -0.2) is 0 Å². The third kappa shape index (κ3) is 4.51. The maximum absolute atomic E-state index is 11.6. The van der Waals surface area contributed by atoms with Gasteiger partial charge in [-0.15, -0.1) is 0 Å². The number of amides is 1. The molecule has 1 amide bonds. The average molecular weight is 331 g/mol. The number of hydrogen-bond donors (Lipinski definition) is 1. The number of carbonyl (C=O) groups is 1. The molecule has 0 fully saturated rings. The molecule has 0 heterocycles. The lowest BCUT2D eigenvalue weighted by Crippen LogP contribution is -2.12. The molecule has 0 aromatic heterocycles. The molecule has 2 nitrogen and oxygen atoms in total. The lowest BCUT2D eigenvalue weighted by atomic mass is 10.1. The minimum absolute atomic E-state index is 0.123. The van der Waals surface area contributed by atoms with Crippen molar-refractivity contribution in [2.24, 2.45) is 0 Å². The number of hydrogen-bond acceptors (Lipinski definition) is 1. The molecule has 0 radical (unpaired) electrons. The van der Waals surface area contributed by atoms with Gasteiger partial charge in [-0.3, -0.25) is 4.79 Å². The third-order valence-corrected chi connectivity index (χ3v) is 3.14. The zero-order valence-corrected chi connectivity index (χ0v) is 12.0. The normalized spacial score (nSPS) is 10.2. The van der Waals surface area contributed by atoms with E-state index in [1.165, 1.54) is 3.57 Å². The van der Waals surface area contributed by atoms with Crippen molar-refractivity contribution < 1.29 is 4.79 Å². The van der Waals surface area contributed by atoms with Gasteiger partial charge in [-0.05, 0) is 59.7 Å². The van der Waals surface area contributed by atoms with Crippen molar-refractivity contribution in [3.05, 3.63) is 27.3 Å². The van der Waals surface area contributed by atoms with Gasteiger partial charge >= 0.3 is 0 Å². The van der Waals surface area contributed by atoms with Crippen LogP contribution in [0.2, 0.25) is 0 Å². The summed E-state index contributed by atoms with van der Waals surface area (Å²) in [7, 11) is 0. The molecule has 0 bridgehead atoms. The first-order valence-electron chi connectivity index (χ1n) is 5.69. The standard InChI is InChI=1S/C13H18INO/c1-3-4-5-6-13(16)15-12-8-7-11(14)9-10(12)2/h7-9H,3-6H2,1-2H3,(H,15,16). The molecule has 0 saturated carbocycles. The number of halogens is 1. The monoisotopic (exact) mass is 331 g/mol. The van der Waals surface area contributed by atoms with Crippen LogP contribution in [0.4, 0.5) is 5.69 Å². The highest BCUT2D eigenvalue weighted by Crippen LogP contribution is 2.18. The zero-order valence-electron chi connectivity index (χ0n) is 9.85. The number of nitrogens with one attached hydrogen (secondary N) is 1. The molecule has 0 aliphatic heterocycles. The Balaban J connectivity index is 2.49. The fourth-order valence-corrected chi connectivity index (χ4v) is 2.16. The first-order valence-corrected chi connectivity index (χ1v) is 6.77. The Morgan fingerprint density at radius 1 is 1.38 bits per heavy atom. The zero-order chi connectivity index (χ0) is 12.0. The second-order valence-electron chi connectivity index (χ2n) is 3.96. The van der Waals surface area contributed by atoms with E-state index in [0.29, 0.717) is 6.42 Å². The molecule has 0 unspecified atom stereocenters. The van der Waals surface area contributed by atoms with Gasteiger partial charge in [0, 0.05) is 15.7 Å². The van der Waals surface area contributed by atoms with E-state index in [2.05, 4.69) is 40.9 Å². The molecule has 1 aromatic rings. The van der Waals surface area contributed by atoms with Crippen LogP contribution in [0.5, 0.6) is 0 Å². The van der Waals surface area contributed by atoms with Crippen molar-refractivity contribution in [2.75, 3.05) is 5.32 Å². The van der Waals surface area contributed by atoms with Gasteiger partial charge in [0.1, 0.15) is 0 Å². The van der Waals surface area contributed by atoms with Crippen molar-refractivity contribution in [1.82, 2.24) is 0 Å². The second kappa shape index (κ2) is 6.89. The van der Waals surface area contributed by atoms with E-state index in [1.54, 1.807) is 0 Å². The smallest absolute Gasteiger partial charge is 0.224 e. The predicted octanol–water partition coefficient (Wildman–Crippen LogP) is 4.12. The molecule has 1 N–H and O–H groups in total. The lowest BCUT2D eigenvalue weighted by Gasteiger charge is -2.08. The summed E-state index contributed by atoms with van der Waals surface area (Å²) >= 11 is 2.27. The van der Waals surface area contributed by atoms with Gasteiger partial charge in [-0.1, -0.05) is 19.8 Å². The Morgan fingerprint density at radius 2 is 2.12 bits per heavy atom. The van der Waals surface area contributed by atoms with Crippen LogP contribution in [-0.4, -0.2) is 5.91 Å². The molecule has 1 aromatic carbocycles. The first kappa shape index (κ1) is 13.5. The van der Waals surface area contributed by atoms with E-state index >= 15 is 0 Å². The summed E-state index contributed by atoms with van der Waals surface area (Å²) in [5, 5.41) is 2.95. The fourth-order valence-electron chi connectivity index (χ4n) is 1.52. The molecular weight excluding hydrogens is 313 g/mol. The van der Waals surface area contributed by atoms with Gasteiger partial charge in [0.15, 0.2) is 0 Å². The van der Waals surface area contributed by atoms with Crippen molar-refractivity contribution in [2.45, 2.75) is 39.5 Å². The van der Waals surface area contributed by atoms with Crippen LogP contribution in [0, 0.1) is 10.5 Å².